The van der Waals surface area contributed by atoms with Crippen molar-refractivity contribution in [2.24, 2.45) is 9.98 Å². The molecular formula is C9H7N3O2. The van der Waals surface area contributed by atoms with E-state index in [0.717, 1.165) is 0 Å². The van der Waals surface area contributed by atoms with Crippen LogP contribution in [0.25, 0.3) is 0 Å². The van der Waals surface area contributed by atoms with Crippen LogP contribution in [0.2, 0.25) is 0 Å². The summed E-state index contributed by atoms with van der Waals surface area (Å²) in [6.45, 7) is 1.68. The molecule has 0 bridgehead atoms. The molecule has 1 aromatic carbocycles. The van der Waals surface area contributed by atoms with E-state index >= 15 is 0 Å². The van der Waals surface area contributed by atoms with Crippen LogP contribution in [0.5, 0.6) is 0 Å². The summed E-state index contributed by atoms with van der Waals surface area (Å²) in [6.07, 6.45) is 2.75. The monoisotopic (exact) mass is 189 g/mol. The van der Waals surface area contributed by atoms with Crippen molar-refractivity contribution in [1.82, 2.24) is 0 Å². The van der Waals surface area contributed by atoms with E-state index in [0.29, 0.717) is 11.3 Å². The van der Waals surface area contributed by atoms with Crippen molar-refractivity contribution in [3.63, 3.8) is 0 Å². The molecule has 0 unspecified atom stereocenters. The molecule has 1 rings (SSSR count). The number of nitrogen functional groups attached to an aromatic ring is 1. The summed E-state index contributed by atoms with van der Waals surface area (Å²) in [5.41, 5.74) is 7.16. The largest absolute Gasteiger partial charge is 0.398 e. The molecule has 0 heterocycles. The van der Waals surface area contributed by atoms with E-state index in [1.54, 1.807) is 13.0 Å². The van der Waals surface area contributed by atoms with Crippen molar-refractivity contribution in [3.05, 3.63) is 17.7 Å². The van der Waals surface area contributed by atoms with E-state index < -0.39 is 0 Å². The predicted molar refractivity (Wildman–Crippen MR) is 51.2 cm³/mol. The highest BCUT2D eigenvalue weighted by Crippen LogP contribution is 2.34. The third kappa shape index (κ3) is 1.75. The summed E-state index contributed by atoms with van der Waals surface area (Å²) in [6, 6.07) is 3.07. The van der Waals surface area contributed by atoms with Crippen molar-refractivity contribution < 1.29 is 9.59 Å². The first-order valence-corrected chi connectivity index (χ1v) is 3.75. The Hall–Kier alpha value is -2.22. The van der Waals surface area contributed by atoms with Gasteiger partial charge in [0, 0.05) is 11.3 Å². The topological polar surface area (TPSA) is 84.9 Å². The van der Waals surface area contributed by atoms with E-state index in [9.17, 15) is 9.59 Å². The molecule has 14 heavy (non-hydrogen) atoms. The molecule has 2 N–H and O–H groups in total. The average molecular weight is 189 g/mol. The van der Waals surface area contributed by atoms with Crippen molar-refractivity contribution >= 4 is 29.2 Å². The molecule has 0 aliphatic carbocycles. The molecule has 70 valence electrons. The zero-order valence-corrected chi connectivity index (χ0v) is 7.44. The molecule has 0 spiro atoms. The van der Waals surface area contributed by atoms with Gasteiger partial charge in [-0.15, -0.1) is 0 Å². The Morgan fingerprint density at radius 1 is 1.21 bits per heavy atom. The van der Waals surface area contributed by atoms with Gasteiger partial charge in [-0.3, -0.25) is 0 Å². The molecular weight excluding hydrogens is 182 g/mol. The van der Waals surface area contributed by atoms with Crippen LogP contribution in [0.3, 0.4) is 0 Å². The molecule has 0 aliphatic heterocycles. The van der Waals surface area contributed by atoms with Gasteiger partial charge in [-0.05, 0) is 19.1 Å². The number of isocyanates is 2. The summed E-state index contributed by atoms with van der Waals surface area (Å²) in [5.74, 6) is 0. The Balaban J connectivity index is 3.51. The van der Waals surface area contributed by atoms with Gasteiger partial charge in [-0.2, -0.15) is 9.98 Å². The fraction of sp³-hybridized carbons (Fsp3) is 0.111. The van der Waals surface area contributed by atoms with Gasteiger partial charge >= 0.3 is 0 Å². The number of rotatable bonds is 2. The number of aliphatic imine (C=N–C) groups is 2. The van der Waals surface area contributed by atoms with Gasteiger partial charge < -0.3 is 5.73 Å². The van der Waals surface area contributed by atoms with E-state index in [1.165, 1.54) is 18.2 Å². The number of carbonyl (C=O) groups excluding carboxylic acids is 2. The third-order valence-corrected chi connectivity index (χ3v) is 1.78. The van der Waals surface area contributed by atoms with Gasteiger partial charge in [0.25, 0.3) is 0 Å². The van der Waals surface area contributed by atoms with Gasteiger partial charge in [0.2, 0.25) is 12.2 Å². The number of hydrogen-bond acceptors (Lipinski definition) is 5. The highest BCUT2D eigenvalue weighted by Gasteiger charge is 2.06. The number of hydrogen-bond donors (Lipinski definition) is 1. The Morgan fingerprint density at radius 3 is 2.43 bits per heavy atom. The maximum atomic E-state index is 10.1. The summed E-state index contributed by atoms with van der Waals surface area (Å²) in [7, 11) is 0. The Kier molecular flexibility index (Phi) is 2.92. The number of nitrogens with zero attached hydrogens (tertiary/aromatic N) is 2. The normalized spacial score (nSPS) is 8.64. The SMILES string of the molecule is Cc1c(N)ccc(N=C=O)c1N=C=O. The smallest absolute Gasteiger partial charge is 0.240 e. The Morgan fingerprint density at radius 2 is 1.86 bits per heavy atom. The van der Waals surface area contributed by atoms with Crippen molar-refractivity contribution in [2.45, 2.75) is 6.92 Å². The summed E-state index contributed by atoms with van der Waals surface area (Å²) >= 11 is 0. The Bertz CT molecular complexity index is 455. The Labute approximate surface area is 80.0 Å². The standard InChI is InChI=1S/C9H7N3O2/c1-6-7(10)2-3-8(11-4-13)9(6)12-5-14/h2-3H,10H2,1H3. The number of benzene rings is 1. The maximum absolute atomic E-state index is 10.1. The van der Waals surface area contributed by atoms with E-state index in [4.69, 9.17) is 5.73 Å². The fourth-order valence-corrected chi connectivity index (χ4v) is 1.03. The first-order chi connectivity index (χ1) is 6.70. The van der Waals surface area contributed by atoms with Gasteiger partial charge in [0.05, 0.1) is 0 Å². The predicted octanol–water partition coefficient (Wildman–Crippen LogP) is 1.51. The van der Waals surface area contributed by atoms with Crippen molar-refractivity contribution in [1.29, 1.82) is 0 Å². The van der Waals surface area contributed by atoms with Crippen LogP contribution in [-0.2, 0) is 9.59 Å². The molecule has 0 saturated carbocycles. The lowest BCUT2D eigenvalue weighted by Crippen LogP contribution is -1.89. The quantitative estimate of drug-likeness (QED) is 0.434. The van der Waals surface area contributed by atoms with Crippen LogP contribution < -0.4 is 5.73 Å². The zero-order valence-electron chi connectivity index (χ0n) is 7.44. The highest BCUT2D eigenvalue weighted by atomic mass is 16.1. The first-order valence-electron chi connectivity index (χ1n) is 3.75. The van der Waals surface area contributed by atoms with Crippen molar-refractivity contribution in [3.8, 4) is 0 Å². The first kappa shape index (κ1) is 9.86. The fourth-order valence-electron chi connectivity index (χ4n) is 1.03. The molecule has 1 aromatic rings. The second kappa shape index (κ2) is 4.14. The molecule has 0 amide bonds. The van der Waals surface area contributed by atoms with Gasteiger partial charge in [0.15, 0.2) is 0 Å². The van der Waals surface area contributed by atoms with Crippen LogP contribution >= 0.6 is 0 Å². The maximum Gasteiger partial charge on any atom is 0.240 e. The van der Waals surface area contributed by atoms with Gasteiger partial charge in [-0.25, -0.2) is 9.59 Å². The van der Waals surface area contributed by atoms with Crippen LogP contribution in [0.1, 0.15) is 5.56 Å². The minimum atomic E-state index is 0.253. The van der Waals surface area contributed by atoms with E-state index in [-0.39, 0.29) is 11.4 Å². The molecule has 0 saturated heterocycles. The molecule has 0 radical (unpaired) electrons. The molecule has 0 aliphatic rings. The highest BCUT2D eigenvalue weighted by molar-refractivity contribution is 5.76. The average Bonchev–Trinajstić information content (AvgIpc) is 2.18. The second-order valence-electron chi connectivity index (χ2n) is 2.55. The molecule has 0 atom stereocenters. The zero-order chi connectivity index (χ0) is 10.6. The summed E-state index contributed by atoms with van der Waals surface area (Å²) in [5, 5.41) is 0. The van der Waals surface area contributed by atoms with Crippen LogP contribution in [0, 0.1) is 6.92 Å². The molecule has 0 aromatic heterocycles. The van der Waals surface area contributed by atoms with E-state index in [2.05, 4.69) is 9.98 Å². The number of nitrogens with two attached hydrogens (primary N) is 1. The summed E-state index contributed by atoms with van der Waals surface area (Å²) in [4.78, 5) is 27.0. The molecule has 0 fully saturated rings. The van der Waals surface area contributed by atoms with Gasteiger partial charge in [0.1, 0.15) is 11.4 Å². The van der Waals surface area contributed by atoms with Crippen LogP contribution in [0.4, 0.5) is 17.1 Å². The number of anilines is 1. The lowest BCUT2D eigenvalue weighted by atomic mass is 10.1. The third-order valence-electron chi connectivity index (χ3n) is 1.78. The lowest BCUT2D eigenvalue weighted by molar-refractivity contribution is 0.564. The molecule has 5 heteroatoms. The molecule has 5 nitrogen and oxygen atoms in total. The summed E-state index contributed by atoms with van der Waals surface area (Å²) < 4.78 is 0. The van der Waals surface area contributed by atoms with Gasteiger partial charge in [-0.1, -0.05) is 0 Å². The van der Waals surface area contributed by atoms with E-state index in [1.807, 2.05) is 0 Å². The van der Waals surface area contributed by atoms with Crippen LogP contribution in [0.15, 0.2) is 22.1 Å². The van der Waals surface area contributed by atoms with Crippen molar-refractivity contribution in [2.75, 3.05) is 5.73 Å². The lowest BCUT2D eigenvalue weighted by Gasteiger charge is -2.04. The van der Waals surface area contributed by atoms with Crippen LogP contribution in [-0.4, -0.2) is 12.2 Å². The minimum Gasteiger partial charge on any atom is -0.398 e. The second-order valence-corrected chi connectivity index (χ2v) is 2.55. The minimum absolute atomic E-state index is 0.253.